The summed E-state index contributed by atoms with van der Waals surface area (Å²) in [5.74, 6) is -0.477. The number of rotatable bonds is 14. The molecule has 4 N–H and O–H groups in total. The number of nitrogens with one attached hydrogen (secondary N) is 1. The Hall–Kier alpha value is -3.54. The number of fused-ring (bicyclic) bond motifs is 1. The predicted octanol–water partition coefficient (Wildman–Crippen LogP) is 2.29. The molecule has 0 saturated carbocycles. The Kier molecular flexibility index (Phi) is 9.74. The number of hydrogen-bond acceptors (Lipinski definition) is 8. The Morgan fingerprint density at radius 1 is 1.25 bits per heavy atom. The van der Waals surface area contributed by atoms with Crippen LogP contribution < -0.4 is 16.2 Å². The van der Waals surface area contributed by atoms with Gasteiger partial charge in [0.15, 0.2) is 11.5 Å². The van der Waals surface area contributed by atoms with Gasteiger partial charge in [-0.3, -0.25) is 14.2 Å². The maximum Gasteiger partial charge on any atom is 0.327 e. The van der Waals surface area contributed by atoms with E-state index < -0.39 is 5.97 Å². The maximum atomic E-state index is 12.8. The van der Waals surface area contributed by atoms with Crippen LogP contribution in [0.3, 0.4) is 0 Å². The number of benzene rings is 1. The molecule has 0 unspecified atom stereocenters. The fraction of sp³-hybridized carbons (Fsp3) is 0.458. The number of unbranched alkanes of at least 4 members (excludes halogenated alkanes) is 1. The van der Waals surface area contributed by atoms with Crippen LogP contribution in [0.2, 0.25) is 0 Å². The highest BCUT2D eigenvalue weighted by Gasteiger charge is 2.17. The number of carbonyl (C=O) groups excluding carboxylic acids is 1. The molecule has 0 aliphatic carbocycles. The highest BCUT2D eigenvalue weighted by atomic mass is 32.2. The molecule has 12 heteroatoms. The van der Waals surface area contributed by atoms with Gasteiger partial charge in [0, 0.05) is 19.6 Å². The van der Waals surface area contributed by atoms with Crippen LogP contribution in [0, 0.1) is 0 Å². The second-order valence-corrected chi connectivity index (χ2v) is 9.23. The second-order valence-electron chi connectivity index (χ2n) is 8.37. The molecule has 1 aromatic carbocycles. The summed E-state index contributed by atoms with van der Waals surface area (Å²) in [6.07, 6.45) is 4.09. The largest absolute Gasteiger partial charge is 0.481 e. The molecule has 0 atom stereocenters. The quantitative estimate of drug-likeness (QED) is 0.274. The van der Waals surface area contributed by atoms with Gasteiger partial charge in [-0.15, -0.1) is 0 Å². The number of thioether (sulfide) groups is 1. The van der Waals surface area contributed by atoms with Gasteiger partial charge in [0.2, 0.25) is 5.91 Å². The Bertz CT molecular complexity index is 1260. The summed E-state index contributed by atoms with van der Waals surface area (Å²) in [5.41, 5.74) is 7.90. The van der Waals surface area contributed by atoms with Crippen LogP contribution in [0.5, 0.6) is 6.01 Å². The van der Waals surface area contributed by atoms with Crippen LogP contribution in [0.15, 0.2) is 29.1 Å². The van der Waals surface area contributed by atoms with Gasteiger partial charge < -0.3 is 25.5 Å². The van der Waals surface area contributed by atoms with E-state index in [1.165, 1.54) is 16.3 Å². The lowest BCUT2D eigenvalue weighted by Gasteiger charge is -2.23. The van der Waals surface area contributed by atoms with Gasteiger partial charge in [-0.25, -0.2) is 4.79 Å². The monoisotopic (exact) mass is 516 g/mol. The van der Waals surface area contributed by atoms with Crippen molar-refractivity contribution >= 4 is 40.6 Å². The Balaban J connectivity index is 1.74. The number of carboxylic acids is 1. The highest BCUT2D eigenvalue weighted by molar-refractivity contribution is 7.99. The number of nitrogen functional groups attached to an aromatic ring is 1. The van der Waals surface area contributed by atoms with Gasteiger partial charge in [-0.1, -0.05) is 37.6 Å². The molecule has 0 bridgehead atoms. The molecular formula is C24H32N6O5S. The van der Waals surface area contributed by atoms with E-state index in [0.29, 0.717) is 55.1 Å². The summed E-state index contributed by atoms with van der Waals surface area (Å²) in [4.78, 5) is 49.4. The fourth-order valence-corrected chi connectivity index (χ4v) is 4.20. The van der Waals surface area contributed by atoms with Gasteiger partial charge >= 0.3 is 17.7 Å². The molecule has 3 aromatic rings. The van der Waals surface area contributed by atoms with Crippen LogP contribution in [-0.4, -0.2) is 66.6 Å². The number of hydrogen-bond donors (Lipinski definition) is 3. The molecule has 0 aliphatic heterocycles. The standard InChI is InChI=1S/C24H32N6O5S/c1-3-4-11-35-23-27-21(25)20-22(28-23)30(24(34)26-20)10-6-9-29(18(31)15-36-2)14-17-8-5-7-16(12-17)13-19(32)33/h5,7-8,12H,3-4,6,9-11,13-15H2,1-2H3,(H,26,34)(H,32,33)(H2,25,27,28). The molecule has 36 heavy (non-hydrogen) atoms. The minimum atomic E-state index is -0.907. The molecule has 3 rings (SSSR count). The van der Waals surface area contributed by atoms with Gasteiger partial charge in [0.05, 0.1) is 18.8 Å². The van der Waals surface area contributed by atoms with Gasteiger partial charge in [-0.2, -0.15) is 21.7 Å². The zero-order valence-electron chi connectivity index (χ0n) is 20.5. The summed E-state index contributed by atoms with van der Waals surface area (Å²) in [6.45, 7) is 3.57. The average Bonchev–Trinajstić information content (AvgIpc) is 3.14. The molecule has 0 saturated heterocycles. The molecule has 0 spiro atoms. The van der Waals surface area contributed by atoms with E-state index >= 15 is 0 Å². The number of carboxylic acid groups (broad SMARTS) is 1. The number of nitrogens with two attached hydrogens (primary N) is 1. The SMILES string of the molecule is CCCCOc1nc(N)c2[nH]c(=O)n(CCCN(Cc3cccc(CC(=O)O)c3)C(=O)CSC)c2n1. The summed E-state index contributed by atoms with van der Waals surface area (Å²) in [7, 11) is 0. The van der Waals surface area contributed by atoms with E-state index in [9.17, 15) is 14.4 Å². The Morgan fingerprint density at radius 3 is 2.75 bits per heavy atom. The average molecular weight is 517 g/mol. The van der Waals surface area contributed by atoms with E-state index in [4.69, 9.17) is 15.6 Å². The van der Waals surface area contributed by atoms with Crippen LogP contribution in [0.4, 0.5) is 5.82 Å². The summed E-state index contributed by atoms with van der Waals surface area (Å²) in [5, 5.41) is 9.07. The minimum Gasteiger partial charge on any atom is -0.481 e. The first-order chi connectivity index (χ1) is 17.3. The zero-order chi connectivity index (χ0) is 26.1. The lowest BCUT2D eigenvalue weighted by molar-refractivity contribution is -0.136. The van der Waals surface area contributed by atoms with Gasteiger partial charge in [0.1, 0.15) is 5.52 Å². The van der Waals surface area contributed by atoms with Crippen LogP contribution >= 0.6 is 11.8 Å². The summed E-state index contributed by atoms with van der Waals surface area (Å²) in [6, 6.07) is 7.34. The summed E-state index contributed by atoms with van der Waals surface area (Å²) >= 11 is 1.43. The summed E-state index contributed by atoms with van der Waals surface area (Å²) < 4.78 is 7.05. The third kappa shape index (κ3) is 7.23. The van der Waals surface area contributed by atoms with E-state index in [-0.39, 0.29) is 29.8 Å². The van der Waals surface area contributed by atoms with Crippen molar-refractivity contribution in [2.24, 2.45) is 0 Å². The van der Waals surface area contributed by atoms with Crippen molar-refractivity contribution in [2.75, 3.05) is 30.9 Å². The van der Waals surface area contributed by atoms with Crippen LogP contribution in [-0.2, 0) is 29.1 Å². The van der Waals surface area contributed by atoms with Crippen LogP contribution in [0.1, 0.15) is 37.3 Å². The first-order valence-corrected chi connectivity index (χ1v) is 13.2. The fourth-order valence-electron chi connectivity index (χ4n) is 3.77. The normalized spacial score (nSPS) is 11.1. The lowest BCUT2D eigenvalue weighted by atomic mass is 10.1. The Morgan fingerprint density at radius 2 is 2.03 bits per heavy atom. The number of aryl methyl sites for hydroxylation is 1. The number of H-pyrrole nitrogens is 1. The van der Waals surface area contributed by atoms with Crippen molar-refractivity contribution in [3.63, 3.8) is 0 Å². The van der Waals surface area contributed by atoms with Crippen LogP contribution in [0.25, 0.3) is 11.2 Å². The van der Waals surface area contributed by atoms with E-state index in [1.807, 2.05) is 19.2 Å². The number of aliphatic carboxylic acids is 1. The van der Waals surface area contributed by atoms with Crippen molar-refractivity contribution in [1.82, 2.24) is 24.4 Å². The van der Waals surface area contributed by atoms with E-state index in [1.54, 1.807) is 23.1 Å². The third-order valence-corrected chi connectivity index (χ3v) is 6.05. The number of nitrogens with zero attached hydrogens (tertiary/aromatic N) is 4. The molecule has 1 amide bonds. The lowest BCUT2D eigenvalue weighted by Crippen LogP contribution is -2.34. The molecule has 11 nitrogen and oxygen atoms in total. The van der Waals surface area contributed by atoms with Crippen molar-refractivity contribution < 1.29 is 19.4 Å². The number of anilines is 1. The first kappa shape index (κ1) is 27.1. The van der Waals surface area contributed by atoms with Crippen molar-refractivity contribution in [3.05, 3.63) is 45.9 Å². The smallest absolute Gasteiger partial charge is 0.327 e. The topological polar surface area (TPSA) is 156 Å². The van der Waals surface area contributed by atoms with E-state index in [2.05, 4.69) is 15.0 Å². The molecule has 0 radical (unpaired) electrons. The molecule has 2 heterocycles. The highest BCUT2D eigenvalue weighted by Crippen LogP contribution is 2.18. The number of carbonyl (C=O) groups is 2. The molecule has 2 aromatic heterocycles. The predicted molar refractivity (Wildman–Crippen MR) is 139 cm³/mol. The van der Waals surface area contributed by atoms with E-state index in [0.717, 1.165) is 18.4 Å². The molecular weight excluding hydrogens is 484 g/mol. The maximum absolute atomic E-state index is 12.8. The number of aromatic amines is 1. The number of imidazole rings is 1. The number of aromatic nitrogens is 4. The van der Waals surface area contributed by atoms with Crippen molar-refractivity contribution in [1.29, 1.82) is 0 Å². The van der Waals surface area contributed by atoms with Crippen molar-refractivity contribution in [3.8, 4) is 6.01 Å². The first-order valence-electron chi connectivity index (χ1n) is 11.8. The molecule has 0 fully saturated rings. The second kappa shape index (κ2) is 13.0. The Labute approximate surface area is 213 Å². The van der Waals surface area contributed by atoms with Gasteiger partial charge in [-0.05, 0) is 30.2 Å². The number of ether oxygens (including phenoxy) is 1. The third-order valence-electron chi connectivity index (χ3n) is 5.51. The minimum absolute atomic E-state index is 0.0319. The van der Waals surface area contributed by atoms with Gasteiger partial charge in [0.25, 0.3) is 0 Å². The number of amides is 1. The molecule has 194 valence electrons. The van der Waals surface area contributed by atoms with Crippen molar-refractivity contribution in [2.45, 2.75) is 45.7 Å². The molecule has 0 aliphatic rings. The zero-order valence-corrected chi connectivity index (χ0v) is 21.3.